The minimum Gasteiger partial charge on any atom is -0.469 e. The molecule has 8 heteroatoms. The van der Waals surface area contributed by atoms with Crippen LogP contribution >= 0.6 is 0 Å². The van der Waals surface area contributed by atoms with Gasteiger partial charge in [0.15, 0.2) is 5.78 Å². The lowest BCUT2D eigenvalue weighted by atomic mass is 9.77. The number of halogens is 1. The number of aromatic amines is 1. The first-order valence-corrected chi connectivity index (χ1v) is 13.8. The van der Waals surface area contributed by atoms with Crippen LogP contribution in [0.5, 0.6) is 0 Å². The van der Waals surface area contributed by atoms with Crippen molar-refractivity contribution in [3.05, 3.63) is 83.8 Å². The summed E-state index contributed by atoms with van der Waals surface area (Å²) in [6.45, 7) is 5.79. The van der Waals surface area contributed by atoms with Gasteiger partial charge in [0.05, 0.1) is 23.6 Å². The maximum absolute atomic E-state index is 13.7. The Bertz CT molecular complexity index is 1820. The summed E-state index contributed by atoms with van der Waals surface area (Å²) in [5.41, 5.74) is 3.24. The van der Waals surface area contributed by atoms with Gasteiger partial charge in [-0.15, -0.1) is 0 Å². The van der Waals surface area contributed by atoms with Gasteiger partial charge in [-0.2, -0.15) is 0 Å². The molecule has 216 valence electrons. The molecule has 2 aromatic heterocycles. The Hall–Kier alpha value is -4.72. The minimum absolute atomic E-state index is 0.0157. The van der Waals surface area contributed by atoms with Gasteiger partial charge in [-0.05, 0) is 67.3 Å². The Morgan fingerprint density at radius 1 is 1.02 bits per heavy atom. The lowest BCUT2D eigenvalue weighted by Gasteiger charge is -2.27. The van der Waals surface area contributed by atoms with Crippen LogP contribution in [0.15, 0.2) is 71.3 Å². The Morgan fingerprint density at radius 2 is 1.76 bits per heavy atom. The first-order valence-electron chi connectivity index (χ1n) is 13.8. The number of nitrogens with one attached hydrogen (secondary N) is 2. The molecule has 7 nitrogen and oxygen atoms in total. The van der Waals surface area contributed by atoms with E-state index >= 15 is 0 Å². The second kappa shape index (κ2) is 11.3. The van der Waals surface area contributed by atoms with Crippen molar-refractivity contribution in [1.82, 2.24) is 10.3 Å². The number of hydrogen-bond acceptors (Lipinski definition) is 5. The molecule has 0 fully saturated rings. The number of esters is 1. The van der Waals surface area contributed by atoms with Gasteiger partial charge in [-0.25, -0.2) is 4.39 Å². The highest BCUT2D eigenvalue weighted by molar-refractivity contribution is 6.19. The first kappa shape index (κ1) is 28.8. The van der Waals surface area contributed by atoms with Crippen molar-refractivity contribution >= 4 is 39.5 Å². The summed E-state index contributed by atoms with van der Waals surface area (Å²) in [5.74, 6) is -0.770. The molecular weight excluding hydrogens is 535 g/mol. The zero-order valence-electron chi connectivity index (χ0n) is 24.3. The van der Waals surface area contributed by atoms with Gasteiger partial charge in [0.1, 0.15) is 17.2 Å². The van der Waals surface area contributed by atoms with Crippen LogP contribution in [0.1, 0.15) is 54.3 Å². The maximum atomic E-state index is 13.7. The van der Waals surface area contributed by atoms with Gasteiger partial charge in [-0.3, -0.25) is 14.4 Å². The number of rotatable bonds is 9. The number of aromatic nitrogens is 1. The number of carbonyl (C=O) groups excluding carboxylic acids is 3. The van der Waals surface area contributed by atoms with Crippen LogP contribution in [0.4, 0.5) is 4.39 Å². The van der Waals surface area contributed by atoms with E-state index in [2.05, 4.69) is 10.3 Å². The highest BCUT2D eigenvalue weighted by atomic mass is 19.1. The largest absolute Gasteiger partial charge is 0.469 e. The number of Topliss-reactive ketones (excluding diaryl/α,β-unsaturated/α-hetero) is 1. The van der Waals surface area contributed by atoms with Crippen molar-refractivity contribution in [2.24, 2.45) is 11.3 Å². The molecule has 3 aromatic carbocycles. The predicted octanol–water partition coefficient (Wildman–Crippen LogP) is 7.55. The van der Waals surface area contributed by atoms with Crippen LogP contribution in [-0.4, -0.2) is 36.8 Å². The summed E-state index contributed by atoms with van der Waals surface area (Å²) >= 11 is 0. The van der Waals surface area contributed by atoms with E-state index in [1.165, 1.54) is 19.2 Å². The molecule has 1 amide bonds. The highest BCUT2D eigenvalue weighted by Crippen LogP contribution is 2.42. The zero-order valence-corrected chi connectivity index (χ0v) is 24.3. The molecule has 0 aliphatic heterocycles. The SMILES string of the molecule is CNC(=O)c1c(-c2ccc(F)cc2)oc2c1cc(-c1cccc(C(=O)CC(C)(CC(C)C)C(=O)OC)c1)c1[nH]ccc12. The third-order valence-corrected chi connectivity index (χ3v) is 7.64. The van der Waals surface area contributed by atoms with Crippen LogP contribution in [0.25, 0.3) is 44.3 Å². The number of furan rings is 1. The fraction of sp³-hybridized carbons (Fsp3) is 0.265. The topological polar surface area (TPSA) is 101 Å². The second-order valence-corrected chi connectivity index (χ2v) is 11.3. The van der Waals surface area contributed by atoms with Gasteiger partial charge >= 0.3 is 5.97 Å². The van der Waals surface area contributed by atoms with Crippen molar-refractivity contribution in [3.63, 3.8) is 0 Å². The fourth-order valence-corrected chi connectivity index (χ4v) is 5.85. The average molecular weight is 569 g/mol. The van der Waals surface area contributed by atoms with Crippen molar-refractivity contribution in [2.45, 2.75) is 33.6 Å². The Kier molecular flexibility index (Phi) is 7.73. The molecule has 0 spiro atoms. The number of H-pyrrole nitrogens is 1. The first-order chi connectivity index (χ1) is 20.1. The monoisotopic (exact) mass is 568 g/mol. The lowest BCUT2D eigenvalue weighted by Crippen LogP contribution is -2.33. The Morgan fingerprint density at radius 3 is 2.43 bits per heavy atom. The van der Waals surface area contributed by atoms with E-state index < -0.39 is 17.2 Å². The van der Waals surface area contributed by atoms with Crippen LogP contribution in [0.2, 0.25) is 0 Å². The van der Waals surface area contributed by atoms with Crippen molar-refractivity contribution < 1.29 is 27.9 Å². The number of fused-ring (bicyclic) bond motifs is 3. The van der Waals surface area contributed by atoms with Crippen LogP contribution < -0.4 is 5.32 Å². The van der Waals surface area contributed by atoms with Gasteiger partial charge in [-0.1, -0.05) is 32.0 Å². The standard InChI is InChI=1S/C34H33FN2O5/c1-19(2)17-34(3,33(40)41-5)18-27(38)22-8-6-7-21(15-22)25-16-26-28(32(39)36-4)30(20-9-11-23(35)12-10-20)42-31(26)24-13-14-37-29(24)25/h6-16,19,37H,17-18H2,1-5H3,(H,36,39). The third-order valence-electron chi connectivity index (χ3n) is 7.64. The number of hydrogen-bond donors (Lipinski definition) is 2. The molecule has 2 N–H and O–H groups in total. The van der Waals surface area contributed by atoms with Crippen LogP contribution in [0, 0.1) is 17.2 Å². The molecule has 2 heterocycles. The van der Waals surface area contributed by atoms with Gasteiger partial charge < -0.3 is 19.5 Å². The molecule has 1 atom stereocenters. The Balaban J connectivity index is 1.64. The molecule has 0 saturated carbocycles. The number of benzene rings is 3. The zero-order chi connectivity index (χ0) is 30.2. The number of methoxy groups -OCH3 is 1. The molecule has 42 heavy (non-hydrogen) atoms. The highest BCUT2D eigenvalue weighted by Gasteiger charge is 2.37. The summed E-state index contributed by atoms with van der Waals surface area (Å²) in [6, 6.07) is 16.8. The van der Waals surface area contributed by atoms with E-state index in [-0.39, 0.29) is 24.0 Å². The Labute approximate surface area is 243 Å². The maximum Gasteiger partial charge on any atom is 0.311 e. The van der Waals surface area contributed by atoms with Crippen molar-refractivity contribution in [3.8, 4) is 22.5 Å². The molecule has 1 unspecified atom stereocenters. The molecule has 5 rings (SSSR count). The lowest BCUT2D eigenvalue weighted by molar-refractivity contribution is -0.152. The molecule has 0 bridgehead atoms. The number of ketones is 1. The summed E-state index contributed by atoms with van der Waals surface area (Å²) in [6.07, 6.45) is 2.32. The molecule has 0 aliphatic carbocycles. The van der Waals surface area contributed by atoms with Gasteiger partial charge in [0.25, 0.3) is 5.91 Å². The molecule has 5 aromatic rings. The van der Waals surface area contributed by atoms with E-state index in [0.29, 0.717) is 39.8 Å². The summed E-state index contributed by atoms with van der Waals surface area (Å²) in [7, 11) is 2.88. The average Bonchev–Trinajstić information content (AvgIpc) is 3.61. The number of amides is 1. The summed E-state index contributed by atoms with van der Waals surface area (Å²) in [5, 5.41) is 4.04. The normalized spacial score (nSPS) is 12.9. The second-order valence-electron chi connectivity index (χ2n) is 11.3. The number of carbonyl (C=O) groups is 3. The number of ether oxygens (including phenoxy) is 1. The quantitative estimate of drug-likeness (QED) is 0.141. The molecule has 0 saturated heterocycles. The minimum atomic E-state index is -0.947. The molecule has 0 radical (unpaired) electrons. The third kappa shape index (κ3) is 5.20. The van der Waals surface area contributed by atoms with E-state index in [9.17, 15) is 18.8 Å². The summed E-state index contributed by atoms with van der Waals surface area (Å²) < 4.78 is 25.0. The predicted molar refractivity (Wildman–Crippen MR) is 161 cm³/mol. The smallest absolute Gasteiger partial charge is 0.311 e. The van der Waals surface area contributed by atoms with Gasteiger partial charge in [0, 0.05) is 47.1 Å². The summed E-state index contributed by atoms with van der Waals surface area (Å²) in [4.78, 5) is 42.6. The van der Waals surface area contributed by atoms with Crippen molar-refractivity contribution in [1.29, 1.82) is 0 Å². The molecular formula is C34H33FN2O5. The van der Waals surface area contributed by atoms with E-state index in [1.807, 2.05) is 32.0 Å². The fourth-order valence-electron chi connectivity index (χ4n) is 5.85. The van der Waals surface area contributed by atoms with Crippen molar-refractivity contribution in [2.75, 3.05) is 14.2 Å². The van der Waals surface area contributed by atoms with Gasteiger partial charge in [0.2, 0.25) is 0 Å². The van der Waals surface area contributed by atoms with E-state index in [1.54, 1.807) is 50.5 Å². The van der Waals surface area contributed by atoms with E-state index in [4.69, 9.17) is 9.15 Å². The van der Waals surface area contributed by atoms with Crippen LogP contribution in [-0.2, 0) is 9.53 Å². The molecule has 0 aliphatic rings. The van der Waals surface area contributed by atoms with Crippen LogP contribution in [0.3, 0.4) is 0 Å². The van der Waals surface area contributed by atoms with E-state index in [0.717, 1.165) is 22.0 Å².